The average molecular weight is 735 g/mol. The van der Waals surface area contributed by atoms with E-state index in [1.54, 1.807) is 0 Å². The first-order valence-electron chi connectivity index (χ1n) is 17.5. The fourth-order valence-corrected chi connectivity index (χ4v) is 4.94. The number of aromatic nitrogens is 8. The summed E-state index contributed by atoms with van der Waals surface area (Å²) >= 11 is 0. The molecule has 0 unspecified atom stereocenters. The Balaban J connectivity index is 0.000000241. The van der Waals surface area contributed by atoms with Crippen molar-refractivity contribution >= 4 is 57.7 Å². The van der Waals surface area contributed by atoms with Crippen LogP contribution in [0.2, 0.25) is 0 Å². The molecule has 0 aliphatic heterocycles. The van der Waals surface area contributed by atoms with Crippen LogP contribution in [0, 0.1) is 16.0 Å². The van der Waals surface area contributed by atoms with Crippen molar-refractivity contribution in [2.75, 3.05) is 35.6 Å². The molecular weight excluding hydrogens is 688 g/mol. The number of carboxylic acid groups (broad SMARTS) is 2. The Bertz CT molecular complexity index is 1980. The van der Waals surface area contributed by atoms with Crippen LogP contribution in [0.15, 0.2) is 36.9 Å². The highest BCUT2D eigenvalue weighted by Gasteiger charge is 2.18. The van der Waals surface area contributed by atoms with Crippen LogP contribution in [0.3, 0.4) is 0 Å². The Morgan fingerprint density at radius 3 is 1.83 bits per heavy atom. The van der Waals surface area contributed by atoms with Crippen molar-refractivity contribution < 1.29 is 29.5 Å². The number of benzene rings is 1. The third-order valence-electron chi connectivity index (χ3n) is 7.57. The van der Waals surface area contributed by atoms with Crippen molar-refractivity contribution in [2.45, 2.75) is 79.3 Å². The summed E-state index contributed by atoms with van der Waals surface area (Å²) in [5, 5.41) is 38.5. The van der Waals surface area contributed by atoms with Crippen LogP contribution in [0.5, 0.6) is 11.6 Å². The van der Waals surface area contributed by atoms with Gasteiger partial charge in [0.2, 0.25) is 11.9 Å². The van der Waals surface area contributed by atoms with E-state index in [4.69, 9.17) is 14.9 Å². The summed E-state index contributed by atoms with van der Waals surface area (Å²) in [7, 11) is 0. The summed E-state index contributed by atoms with van der Waals surface area (Å²) in [6.07, 6.45) is 9.25. The first-order chi connectivity index (χ1) is 25.5. The number of nitro groups is 1. The average Bonchev–Trinajstić information content (AvgIpc) is 3.71. The molecule has 4 heterocycles. The van der Waals surface area contributed by atoms with Crippen LogP contribution in [-0.4, -0.2) is 85.7 Å². The molecule has 0 fully saturated rings. The number of rotatable bonds is 20. The second kappa shape index (κ2) is 19.5. The summed E-state index contributed by atoms with van der Waals surface area (Å²) in [6, 6.07) is 5.55. The van der Waals surface area contributed by atoms with Gasteiger partial charge in [-0.2, -0.15) is 19.9 Å². The number of hydrogen-bond donors (Lipinski definition) is 5. The Morgan fingerprint density at radius 2 is 1.32 bits per heavy atom. The molecule has 0 bridgehead atoms. The number of fused-ring (bicyclic) bond motifs is 2. The number of nitrogens with zero attached hydrogens (tertiary/aromatic N) is 9. The highest BCUT2D eigenvalue weighted by molar-refractivity contribution is 5.85. The van der Waals surface area contributed by atoms with Crippen molar-refractivity contribution in [3.05, 3.63) is 47.0 Å². The number of aliphatic carboxylic acids is 2. The third-order valence-corrected chi connectivity index (χ3v) is 7.57. The summed E-state index contributed by atoms with van der Waals surface area (Å²) < 4.78 is 8.69. The number of carboxylic acids is 2. The van der Waals surface area contributed by atoms with E-state index in [1.165, 1.54) is 46.1 Å². The molecule has 0 aliphatic rings. The molecule has 53 heavy (non-hydrogen) atoms. The van der Waals surface area contributed by atoms with Crippen molar-refractivity contribution in [2.24, 2.45) is 5.92 Å². The first-order valence-corrected chi connectivity index (χ1v) is 17.5. The molecule has 19 nitrogen and oxygen atoms in total. The maximum absolute atomic E-state index is 11.1. The summed E-state index contributed by atoms with van der Waals surface area (Å²) in [4.78, 5) is 58.6. The molecule has 1 aromatic carbocycles. The Morgan fingerprint density at radius 1 is 0.792 bits per heavy atom. The molecule has 5 N–H and O–H groups in total. The fourth-order valence-electron chi connectivity index (χ4n) is 4.94. The molecule has 5 rings (SSSR count). The zero-order valence-electron chi connectivity index (χ0n) is 30.3. The van der Waals surface area contributed by atoms with Gasteiger partial charge in [0.05, 0.1) is 17.6 Å². The van der Waals surface area contributed by atoms with E-state index >= 15 is 0 Å². The van der Waals surface area contributed by atoms with Gasteiger partial charge in [0.25, 0.3) is 11.6 Å². The lowest BCUT2D eigenvalue weighted by atomic mass is 10.2. The van der Waals surface area contributed by atoms with E-state index in [9.17, 15) is 19.7 Å². The largest absolute Gasteiger partial charge is 0.480 e. The van der Waals surface area contributed by atoms with E-state index in [0.717, 1.165) is 51.6 Å². The van der Waals surface area contributed by atoms with Gasteiger partial charge in [-0.25, -0.2) is 9.97 Å². The highest BCUT2D eigenvalue weighted by atomic mass is 16.6. The molecule has 19 heteroatoms. The number of nitrogens with one attached hydrogen (secondary N) is 3. The number of ether oxygens (including phenoxy) is 1. The number of carbonyl (C=O) groups is 2. The van der Waals surface area contributed by atoms with Crippen molar-refractivity contribution in [1.29, 1.82) is 0 Å². The molecule has 0 radical (unpaired) electrons. The molecule has 0 aliphatic carbocycles. The second-order valence-electron chi connectivity index (χ2n) is 12.5. The Kier molecular flexibility index (Phi) is 14.6. The predicted molar refractivity (Wildman–Crippen MR) is 198 cm³/mol. The molecule has 0 atom stereocenters. The van der Waals surface area contributed by atoms with Crippen molar-refractivity contribution in [1.82, 2.24) is 39.0 Å². The minimum Gasteiger partial charge on any atom is -0.480 e. The van der Waals surface area contributed by atoms with Crippen molar-refractivity contribution in [3.63, 3.8) is 0 Å². The lowest BCUT2D eigenvalue weighted by Crippen LogP contribution is -2.13. The van der Waals surface area contributed by atoms with E-state index in [2.05, 4.69) is 73.5 Å². The Hall–Kier alpha value is -6.14. The van der Waals surface area contributed by atoms with Gasteiger partial charge in [-0.3, -0.25) is 19.7 Å². The van der Waals surface area contributed by atoms with Gasteiger partial charge in [0.15, 0.2) is 28.1 Å². The van der Waals surface area contributed by atoms with Crippen LogP contribution in [0.1, 0.15) is 66.2 Å². The van der Waals surface area contributed by atoms with Crippen LogP contribution in [0.4, 0.5) is 23.4 Å². The van der Waals surface area contributed by atoms with Gasteiger partial charge in [-0.15, -0.1) is 0 Å². The van der Waals surface area contributed by atoms with E-state index < -0.39 is 16.9 Å². The maximum atomic E-state index is 11.1. The monoisotopic (exact) mass is 734 g/mol. The van der Waals surface area contributed by atoms with Crippen LogP contribution >= 0.6 is 0 Å². The van der Waals surface area contributed by atoms with Crippen LogP contribution < -0.4 is 20.7 Å². The topological polar surface area (TPSA) is 250 Å². The van der Waals surface area contributed by atoms with E-state index in [0.29, 0.717) is 52.3 Å². The number of hydrogen-bond acceptors (Lipinski definition) is 14. The summed E-state index contributed by atoms with van der Waals surface area (Å²) in [5.74, 6) is 0.383. The third kappa shape index (κ3) is 11.7. The smallest absolute Gasteiger partial charge is 0.323 e. The number of imidazole rings is 2. The van der Waals surface area contributed by atoms with E-state index in [-0.39, 0.29) is 30.6 Å². The van der Waals surface area contributed by atoms with Gasteiger partial charge >= 0.3 is 11.9 Å². The fraction of sp³-hybridized carbons (Fsp3) is 0.471. The molecule has 4 aromatic heterocycles. The van der Waals surface area contributed by atoms with Gasteiger partial charge in [0, 0.05) is 31.8 Å². The zero-order valence-corrected chi connectivity index (χ0v) is 30.3. The molecular formula is C34H46N12O7. The molecule has 5 aromatic rings. The minimum atomic E-state index is -1.03. The van der Waals surface area contributed by atoms with E-state index in [1.807, 2.05) is 0 Å². The Labute approximate surface area is 305 Å². The van der Waals surface area contributed by atoms with Gasteiger partial charge in [-0.05, 0) is 30.9 Å². The van der Waals surface area contributed by atoms with Crippen molar-refractivity contribution in [3.8, 4) is 11.6 Å². The molecule has 0 saturated carbocycles. The summed E-state index contributed by atoms with van der Waals surface area (Å²) in [6.45, 7) is 10.2. The van der Waals surface area contributed by atoms with Gasteiger partial charge in [0.1, 0.15) is 18.8 Å². The zero-order chi connectivity index (χ0) is 38.3. The number of anilines is 3. The van der Waals surface area contributed by atoms with Gasteiger partial charge in [-0.1, -0.05) is 53.4 Å². The molecule has 0 spiro atoms. The molecule has 284 valence electrons. The van der Waals surface area contributed by atoms with Crippen LogP contribution in [-0.2, 0) is 22.7 Å². The lowest BCUT2D eigenvalue weighted by molar-refractivity contribution is -0.384. The number of non-ortho nitro benzene ring substituents is 1. The lowest BCUT2D eigenvalue weighted by Gasteiger charge is -2.11. The molecule has 0 amide bonds. The summed E-state index contributed by atoms with van der Waals surface area (Å²) in [5.41, 5.74) is 1.67. The van der Waals surface area contributed by atoms with Gasteiger partial charge < -0.3 is 40.0 Å². The second-order valence-corrected chi connectivity index (χ2v) is 12.5. The quantitative estimate of drug-likeness (QED) is 0.0360. The molecule has 0 saturated heterocycles. The maximum Gasteiger partial charge on any atom is 0.323 e. The normalized spacial score (nSPS) is 11.0. The standard InChI is InChI=1S/C18H20N6O5.C16H26N6O2/c1-2-3-4-9-19-18-21-16-15(20-11-23(16)10-14(25)26)17(22-18)29-13-7-5-12(6-8-13)24(27)28;1-4-5-6-7-17-16-20-14(18-8-11(2)3)13-15(21-16)22(10-19-13)9-12(23)24/h5-8,11H,2-4,9-10H2,1H3,(H,25,26)(H,19,21,22);10-11H,4-9H2,1-3H3,(H,23,24)(H2,17,18,20,21). The predicted octanol–water partition coefficient (Wildman–Crippen LogP) is 5.79. The number of nitro benzene ring substituents is 1. The first kappa shape index (κ1) is 39.6. The minimum absolute atomic E-state index is 0.0609. The highest BCUT2D eigenvalue weighted by Crippen LogP contribution is 2.29. The SMILES string of the molecule is CCCCCNc1nc(NCC(C)C)c2ncn(CC(=O)O)c2n1.CCCCCNc1nc(Oc2ccc([N+](=O)[O-])cc2)c2ncn(CC(=O)O)c2n1. The van der Waals surface area contributed by atoms with Crippen LogP contribution in [0.25, 0.3) is 22.3 Å². The number of unbranched alkanes of at least 4 members (excludes halogenated alkanes) is 4.